The number of amides is 2. The first-order valence-corrected chi connectivity index (χ1v) is 5.98. The van der Waals surface area contributed by atoms with Crippen LogP contribution in [0.15, 0.2) is 0 Å². The molecule has 6 heteroatoms. The van der Waals surface area contributed by atoms with Gasteiger partial charge in [-0.2, -0.15) is 0 Å². The highest BCUT2D eigenvalue weighted by Crippen LogP contribution is 1.94. The predicted molar refractivity (Wildman–Crippen MR) is 55.2 cm³/mol. The van der Waals surface area contributed by atoms with E-state index in [2.05, 4.69) is 10.6 Å². The van der Waals surface area contributed by atoms with Crippen molar-refractivity contribution in [3.05, 3.63) is 0 Å². The molecule has 2 N–H and O–H groups in total. The Bertz CT molecular complexity index is 243. The maximum atomic E-state index is 11.2. The Hall–Kier alpha value is -0.910. The quantitative estimate of drug-likeness (QED) is 0.624. The van der Waals surface area contributed by atoms with Crippen LogP contribution < -0.4 is 10.6 Å². The number of hydrogen-bond donors (Lipinski definition) is 2. The molecule has 0 aromatic carbocycles. The fraction of sp³-hybridized carbons (Fsp3) is 0.750. The first-order valence-electron chi connectivity index (χ1n) is 4.26. The van der Waals surface area contributed by atoms with E-state index in [4.69, 9.17) is 0 Å². The Labute approximate surface area is 86.1 Å². The highest BCUT2D eigenvalue weighted by atomic mass is 32.2. The SMILES string of the molecule is CNC(=O)[C@H](CCS(C)=O)NC(C)=O. The molecule has 0 saturated heterocycles. The number of carbonyl (C=O) groups is 2. The molecular formula is C8H16N2O3S. The van der Waals surface area contributed by atoms with Gasteiger partial charge in [-0.15, -0.1) is 0 Å². The second-order valence-electron chi connectivity index (χ2n) is 2.93. The topological polar surface area (TPSA) is 75.3 Å². The lowest BCUT2D eigenvalue weighted by molar-refractivity contribution is -0.127. The van der Waals surface area contributed by atoms with E-state index in [-0.39, 0.29) is 11.8 Å². The summed E-state index contributed by atoms with van der Waals surface area (Å²) in [4.78, 5) is 22.0. The van der Waals surface area contributed by atoms with Gasteiger partial charge in [0.05, 0.1) is 0 Å². The van der Waals surface area contributed by atoms with Gasteiger partial charge in [0, 0.05) is 36.8 Å². The third-order valence-electron chi connectivity index (χ3n) is 1.63. The highest BCUT2D eigenvalue weighted by Gasteiger charge is 2.17. The lowest BCUT2D eigenvalue weighted by Gasteiger charge is -2.15. The normalized spacial score (nSPS) is 14.2. The summed E-state index contributed by atoms with van der Waals surface area (Å²) in [5, 5.41) is 4.94. The molecule has 0 rings (SSSR count). The first kappa shape index (κ1) is 13.1. The molecular weight excluding hydrogens is 204 g/mol. The van der Waals surface area contributed by atoms with Crippen molar-refractivity contribution in [1.82, 2.24) is 10.6 Å². The lowest BCUT2D eigenvalue weighted by Crippen LogP contribution is -2.45. The summed E-state index contributed by atoms with van der Waals surface area (Å²) in [6.07, 6.45) is 1.96. The van der Waals surface area contributed by atoms with E-state index in [1.54, 1.807) is 6.26 Å². The summed E-state index contributed by atoms with van der Waals surface area (Å²) in [6, 6.07) is -0.582. The van der Waals surface area contributed by atoms with Crippen LogP contribution in [0.2, 0.25) is 0 Å². The summed E-state index contributed by atoms with van der Waals surface area (Å²) in [5.41, 5.74) is 0. The summed E-state index contributed by atoms with van der Waals surface area (Å²) >= 11 is 0. The fourth-order valence-electron chi connectivity index (χ4n) is 0.972. The molecule has 14 heavy (non-hydrogen) atoms. The second-order valence-corrected chi connectivity index (χ2v) is 4.49. The molecule has 2 amide bonds. The molecule has 0 spiro atoms. The van der Waals surface area contributed by atoms with Crippen LogP contribution >= 0.6 is 0 Å². The Morgan fingerprint density at radius 3 is 2.36 bits per heavy atom. The average Bonchev–Trinajstić information content (AvgIpc) is 2.10. The van der Waals surface area contributed by atoms with Crippen molar-refractivity contribution in [1.29, 1.82) is 0 Å². The van der Waals surface area contributed by atoms with Gasteiger partial charge in [-0.3, -0.25) is 13.8 Å². The van der Waals surface area contributed by atoms with Crippen LogP contribution in [-0.4, -0.2) is 41.1 Å². The molecule has 2 atom stereocenters. The van der Waals surface area contributed by atoms with Crippen LogP contribution in [0.25, 0.3) is 0 Å². The van der Waals surface area contributed by atoms with Crippen molar-refractivity contribution in [3.8, 4) is 0 Å². The van der Waals surface area contributed by atoms with E-state index in [0.717, 1.165) is 0 Å². The van der Waals surface area contributed by atoms with Gasteiger partial charge in [-0.25, -0.2) is 0 Å². The Balaban J connectivity index is 4.17. The van der Waals surface area contributed by atoms with Crippen molar-refractivity contribution in [2.24, 2.45) is 0 Å². The van der Waals surface area contributed by atoms with Crippen molar-refractivity contribution in [2.75, 3.05) is 19.1 Å². The minimum absolute atomic E-state index is 0.259. The molecule has 0 aliphatic heterocycles. The first-order chi connectivity index (χ1) is 6.47. The molecule has 0 aliphatic rings. The summed E-state index contributed by atoms with van der Waals surface area (Å²) in [6.45, 7) is 1.35. The van der Waals surface area contributed by atoms with Gasteiger partial charge < -0.3 is 10.6 Å². The largest absolute Gasteiger partial charge is 0.357 e. The Morgan fingerprint density at radius 2 is 2.00 bits per heavy atom. The number of hydrogen-bond acceptors (Lipinski definition) is 3. The molecule has 0 aromatic heterocycles. The summed E-state index contributed by atoms with van der Waals surface area (Å²) in [5.74, 6) is -0.121. The number of likely N-dealkylation sites (N-methyl/N-ethyl adjacent to an activating group) is 1. The van der Waals surface area contributed by atoms with Crippen LogP contribution in [0, 0.1) is 0 Å². The fourth-order valence-corrected chi connectivity index (χ4v) is 1.54. The minimum Gasteiger partial charge on any atom is -0.357 e. The molecule has 0 radical (unpaired) electrons. The lowest BCUT2D eigenvalue weighted by atomic mass is 10.2. The van der Waals surface area contributed by atoms with Crippen molar-refractivity contribution in [2.45, 2.75) is 19.4 Å². The monoisotopic (exact) mass is 220 g/mol. The third kappa shape index (κ3) is 5.69. The van der Waals surface area contributed by atoms with Crippen molar-refractivity contribution in [3.63, 3.8) is 0 Å². The zero-order valence-corrected chi connectivity index (χ0v) is 9.44. The van der Waals surface area contributed by atoms with Gasteiger partial charge in [0.15, 0.2) is 0 Å². The smallest absolute Gasteiger partial charge is 0.242 e. The second kappa shape index (κ2) is 6.53. The molecule has 0 heterocycles. The Morgan fingerprint density at radius 1 is 1.43 bits per heavy atom. The zero-order valence-electron chi connectivity index (χ0n) is 8.62. The number of rotatable bonds is 5. The van der Waals surface area contributed by atoms with Gasteiger partial charge in [0.2, 0.25) is 11.8 Å². The van der Waals surface area contributed by atoms with Gasteiger partial charge in [0.25, 0.3) is 0 Å². The van der Waals surface area contributed by atoms with Crippen LogP contribution in [0.1, 0.15) is 13.3 Å². The predicted octanol–water partition coefficient (Wildman–Crippen LogP) is -0.994. The molecule has 0 saturated carbocycles. The maximum Gasteiger partial charge on any atom is 0.242 e. The van der Waals surface area contributed by atoms with Crippen LogP contribution in [0.5, 0.6) is 0 Å². The van der Waals surface area contributed by atoms with Gasteiger partial charge >= 0.3 is 0 Å². The van der Waals surface area contributed by atoms with Crippen LogP contribution in [-0.2, 0) is 20.4 Å². The van der Waals surface area contributed by atoms with Crippen LogP contribution in [0.3, 0.4) is 0 Å². The van der Waals surface area contributed by atoms with E-state index in [1.165, 1.54) is 14.0 Å². The minimum atomic E-state index is -0.951. The number of carbonyl (C=O) groups excluding carboxylic acids is 2. The van der Waals surface area contributed by atoms with Gasteiger partial charge in [-0.1, -0.05) is 0 Å². The van der Waals surface area contributed by atoms with E-state index in [9.17, 15) is 13.8 Å². The molecule has 0 aliphatic carbocycles. The molecule has 0 bridgehead atoms. The van der Waals surface area contributed by atoms with Gasteiger partial charge in [-0.05, 0) is 6.42 Å². The van der Waals surface area contributed by atoms with E-state index in [0.29, 0.717) is 12.2 Å². The van der Waals surface area contributed by atoms with E-state index < -0.39 is 16.8 Å². The van der Waals surface area contributed by atoms with Crippen molar-refractivity contribution >= 4 is 22.6 Å². The zero-order chi connectivity index (χ0) is 11.1. The van der Waals surface area contributed by atoms with Crippen molar-refractivity contribution < 1.29 is 13.8 Å². The maximum absolute atomic E-state index is 11.2. The molecule has 1 unspecified atom stereocenters. The number of nitrogens with one attached hydrogen (secondary N) is 2. The molecule has 82 valence electrons. The average molecular weight is 220 g/mol. The summed E-state index contributed by atoms with van der Waals surface area (Å²) in [7, 11) is 0.549. The van der Waals surface area contributed by atoms with E-state index in [1.807, 2.05) is 0 Å². The molecule has 0 fully saturated rings. The molecule has 5 nitrogen and oxygen atoms in total. The Kier molecular flexibility index (Phi) is 6.11. The highest BCUT2D eigenvalue weighted by molar-refractivity contribution is 7.84. The van der Waals surface area contributed by atoms with Gasteiger partial charge in [0.1, 0.15) is 6.04 Å². The summed E-state index contributed by atoms with van der Waals surface area (Å²) < 4.78 is 10.8. The van der Waals surface area contributed by atoms with E-state index >= 15 is 0 Å². The molecule has 0 aromatic rings. The third-order valence-corrected chi connectivity index (χ3v) is 2.44. The standard InChI is InChI=1S/C8H16N2O3S/c1-6(11)10-7(8(12)9-2)4-5-14(3)13/h7H,4-5H2,1-3H3,(H,9,12)(H,10,11)/t7-,14?/m0/s1. The van der Waals surface area contributed by atoms with Crippen LogP contribution in [0.4, 0.5) is 0 Å².